The summed E-state index contributed by atoms with van der Waals surface area (Å²) in [7, 11) is 3.32. The first kappa shape index (κ1) is 18.9. The molecule has 3 aromatic rings. The molecule has 2 aromatic heterocycles. The molecule has 0 unspecified atom stereocenters. The van der Waals surface area contributed by atoms with E-state index < -0.39 is 0 Å². The van der Waals surface area contributed by atoms with Crippen LogP contribution in [0.25, 0.3) is 11.5 Å². The minimum Gasteiger partial charge on any atom is -0.497 e. The number of hydrogen-bond acceptors (Lipinski definition) is 7. The number of aromatic nitrogens is 4. The van der Waals surface area contributed by atoms with Crippen molar-refractivity contribution in [3.05, 3.63) is 53.5 Å². The Morgan fingerprint density at radius 1 is 1.14 bits per heavy atom. The van der Waals surface area contributed by atoms with Crippen molar-refractivity contribution in [2.45, 2.75) is 26.1 Å². The number of benzene rings is 1. The molecule has 4 rings (SSSR count). The van der Waals surface area contributed by atoms with Gasteiger partial charge in [-0.15, -0.1) is 10.2 Å². The number of nitrogens with zero attached hydrogens (tertiary/aromatic N) is 6. The van der Waals surface area contributed by atoms with E-state index in [2.05, 4.69) is 37.6 Å². The van der Waals surface area contributed by atoms with Gasteiger partial charge >= 0.3 is 0 Å². The van der Waals surface area contributed by atoms with Crippen molar-refractivity contribution >= 4 is 0 Å². The van der Waals surface area contributed by atoms with E-state index in [1.807, 2.05) is 30.3 Å². The Bertz CT molecular complexity index is 1070. The number of hydrogen-bond donors (Lipinski definition) is 0. The zero-order valence-corrected chi connectivity index (χ0v) is 16.7. The largest absolute Gasteiger partial charge is 0.497 e. The minimum absolute atomic E-state index is 0.0796. The first-order valence-corrected chi connectivity index (χ1v) is 9.40. The van der Waals surface area contributed by atoms with E-state index >= 15 is 0 Å². The molecule has 1 aliphatic rings. The summed E-state index contributed by atoms with van der Waals surface area (Å²) in [5.41, 5.74) is 2.13. The molecule has 0 radical (unpaired) electrons. The second kappa shape index (κ2) is 7.89. The second-order valence-corrected chi connectivity index (χ2v) is 6.88. The van der Waals surface area contributed by atoms with Gasteiger partial charge in [0.1, 0.15) is 29.0 Å². The van der Waals surface area contributed by atoms with Gasteiger partial charge in [-0.25, -0.2) is 4.98 Å². The molecule has 0 saturated carbocycles. The molecular formula is C21H22N6O2. The zero-order valence-electron chi connectivity index (χ0n) is 16.7. The fourth-order valence-electron chi connectivity index (χ4n) is 3.66. The van der Waals surface area contributed by atoms with Gasteiger partial charge in [-0.3, -0.25) is 4.90 Å². The first-order valence-electron chi connectivity index (χ1n) is 9.40. The summed E-state index contributed by atoms with van der Waals surface area (Å²) in [6.45, 7) is 4.45. The van der Waals surface area contributed by atoms with E-state index in [4.69, 9.17) is 14.7 Å². The molecule has 3 heterocycles. The highest BCUT2D eigenvalue weighted by Gasteiger charge is 2.29. The fourth-order valence-corrected chi connectivity index (χ4v) is 3.66. The normalized spacial score (nSPS) is 16.1. The van der Waals surface area contributed by atoms with Crippen molar-refractivity contribution in [1.29, 1.82) is 5.26 Å². The summed E-state index contributed by atoms with van der Waals surface area (Å²) in [6.07, 6.45) is 0. The lowest BCUT2D eigenvalue weighted by Crippen LogP contribution is -2.36. The maximum atomic E-state index is 9.11. The Hall–Kier alpha value is -3.44. The van der Waals surface area contributed by atoms with Crippen molar-refractivity contribution in [2.24, 2.45) is 0 Å². The van der Waals surface area contributed by atoms with E-state index in [9.17, 15) is 0 Å². The lowest BCUT2D eigenvalue weighted by molar-refractivity contribution is 0.155. The Kier molecular flexibility index (Phi) is 5.14. The third-order valence-corrected chi connectivity index (χ3v) is 5.27. The van der Waals surface area contributed by atoms with E-state index in [-0.39, 0.29) is 6.04 Å². The molecule has 148 valence electrons. The summed E-state index contributed by atoms with van der Waals surface area (Å²) in [6, 6.07) is 13.4. The highest BCUT2D eigenvalue weighted by molar-refractivity contribution is 5.51. The van der Waals surface area contributed by atoms with Crippen LogP contribution < -0.4 is 9.47 Å². The van der Waals surface area contributed by atoms with Crippen LogP contribution in [0.5, 0.6) is 11.5 Å². The van der Waals surface area contributed by atoms with E-state index in [0.717, 1.165) is 42.5 Å². The lowest BCUT2D eigenvalue weighted by Gasteiger charge is -2.34. The zero-order chi connectivity index (χ0) is 20.4. The van der Waals surface area contributed by atoms with Crippen LogP contribution in [0.4, 0.5) is 0 Å². The number of rotatable bonds is 5. The van der Waals surface area contributed by atoms with Crippen LogP contribution in [0, 0.1) is 11.3 Å². The summed E-state index contributed by atoms with van der Waals surface area (Å²) >= 11 is 0. The monoisotopic (exact) mass is 390 g/mol. The van der Waals surface area contributed by atoms with E-state index in [1.165, 1.54) is 0 Å². The van der Waals surface area contributed by atoms with Gasteiger partial charge in [-0.1, -0.05) is 12.1 Å². The molecule has 1 aliphatic heterocycles. The Labute approximate surface area is 169 Å². The van der Waals surface area contributed by atoms with Crippen molar-refractivity contribution < 1.29 is 9.47 Å². The molecule has 0 N–H and O–H groups in total. The SMILES string of the molecule is COc1ccc(CN2CCn3c(-c4cccc(C#N)n4)nnc3[C@H]2C)c(OC)c1. The highest BCUT2D eigenvalue weighted by Crippen LogP contribution is 2.32. The maximum absolute atomic E-state index is 9.11. The highest BCUT2D eigenvalue weighted by atomic mass is 16.5. The van der Waals surface area contributed by atoms with Crippen LogP contribution in [0.3, 0.4) is 0 Å². The molecule has 0 saturated heterocycles. The molecule has 0 aliphatic carbocycles. The molecule has 0 amide bonds. The predicted molar refractivity (Wildman–Crippen MR) is 106 cm³/mol. The second-order valence-electron chi connectivity index (χ2n) is 6.88. The molecule has 8 heteroatoms. The van der Waals surface area contributed by atoms with Gasteiger partial charge in [0.25, 0.3) is 0 Å². The first-order chi connectivity index (χ1) is 14.1. The molecule has 0 spiro atoms. The van der Waals surface area contributed by atoms with Gasteiger partial charge < -0.3 is 14.0 Å². The van der Waals surface area contributed by atoms with Gasteiger partial charge in [0.05, 0.1) is 20.3 Å². The van der Waals surface area contributed by atoms with Crippen LogP contribution in [0.2, 0.25) is 0 Å². The molecule has 29 heavy (non-hydrogen) atoms. The van der Waals surface area contributed by atoms with Crippen molar-refractivity contribution in [1.82, 2.24) is 24.6 Å². The van der Waals surface area contributed by atoms with Crippen LogP contribution in [0.15, 0.2) is 36.4 Å². The third-order valence-electron chi connectivity index (χ3n) is 5.27. The molecule has 8 nitrogen and oxygen atoms in total. The number of ether oxygens (including phenoxy) is 2. The van der Waals surface area contributed by atoms with Crippen LogP contribution in [-0.2, 0) is 13.1 Å². The standard InChI is InChI=1S/C21H22N6O2/c1-14-20-24-25-21(18-6-4-5-16(12-22)23-18)27(20)10-9-26(14)13-15-7-8-17(28-2)11-19(15)29-3/h4-8,11,14H,9-10,13H2,1-3H3/t14-/m1/s1. The minimum atomic E-state index is 0.0796. The van der Waals surface area contributed by atoms with Crippen LogP contribution in [-0.4, -0.2) is 45.4 Å². The Balaban J connectivity index is 1.59. The topological polar surface area (TPSA) is 89.1 Å². The Morgan fingerprint density at radius 2 is 2.00 bits per heavy atom. The van der Waals surface area contributed by atoms with Gasteiger partial charge in [0, 0.05) is 31.3 Å². The van der Waals surface area contributed by atoms with Crippen molar-refractivity contribution in [2.75, 3.05) is 20.8 Å². The van der Waals surface area contributed by atoms with Crippen LogP contribution >= 0.6 is 0 Å². The van der Waals surface area contributed by atoms with Crippen molar-refractivity contribution in [3.63, 3.8) is 0 Å². The summed E-state index contributed by atoms with van der Waals surface area (Å²) < 4.78 is 12.9. The number of nitriles is 1. The van der Waals surface area contributed by atoms with Crippen molar-refractivity contribution in [3.8, 4) is 29.1 Å². The molecule has 0 bridgehead atoms. The molecule has 1 atom stereocenters. The quantitative estimate of drug-likeness (QED) is 0.662. The average Bonchev–Trinajstić information content (AvgIpc) is 3.20. The average molecular weight is 390 g/mol. The smallest absolute Gasteiger partial charge is 0.182 e. The predicted octanol–water partition coefficient (Wildman–Crippen LogP) is 2.81. The van der Waals surface area contributed by atoms with Gasteiger partial charge in [0.2, 0.25) is 0 Å². The van der Waals surface area contributed by atoms with Crippen LogP contribution in [0.1, 0.15) is 30.0 Å². The van der Waals surface area contributed by atoms with Gasteiger partial charge in [-0.05, 0) is 25.1 Å². The number of methoxy groups -OCH3 is 2. The van der Waals surface area contributed by atoms with E-state index in [1.54, 1.807) is 20.3 Å². The van der Waals surface area contributed by atoms with E-state index in [0.29, 0.717) is 17.2 Å². The molecule has 0 fully saturated rings. The lowest BCUT2D eigenvalue weighted by atomic mass is 10.1. The summed E-state index contributed by atoms with van der Waals surface area (Å²) in [5.74, 6) is 3.17. The van der Waals surface area contributed by atoms with Gasteiger partial charge in [0.15, 0.2) is 11.6 Å². The van der Waals surface area contributed by atoms with Gasteiger partial charge in [-0.2, -0.15) is 5.26 Å². The maximum Gasteiger partial charge on any atom is 0.182 e. The number of pyridine rings is 1. The number of fused-ring (bicyclic) bond motifs is 1. The molecular weight excluding hydrogens is 368 g/mol. The summed E-state index contributed by atoms with van der Waals surface area (Å²) in [4.78, 5) is 6.71. The summed E-state index contributed by atoms with van der Waals surface area (Å²) in [5, 5.41) is 17.9. The Morgan fingerprint density at radius 3 is 2.76 bits per heavy atom. The fraction of sp³-hybridized carbons (Fsp3) is 0.333. The third kappa shape index (κ3) is 3.52. The molecule has 1 aromatic carbocycles.